The van der Waals surface area contributed by atoms with Crippen LogP contribution < -0.4 is 4.74 Å². The van der Waals surface area contributed by atoms with Crippen molar-refractivity contribution < 1.29 is 13.9 Å². The molecule has 2 rings (SSSR count). The number of halogens is 2. The summed E-state index contributed by atoms with van der Waals surface area (Å²) in [5.74, 6) is -0.578. The third kappa shape index (κ3) is 2.93. The molecular weight excluding hydrogens is 325 g/mol. The van der Waals surface area contributed by atoms with E-state index in [0.29, 0.717) is 10.0 Å². The SMILES string of the molecule is Cc1cc(C(=O)COc2cc(Br)ccc2F)c(C)n1C. The van der Waals surface area contributed by atoms with Crippen LogP contribution in [0, 0.1) is 19.7 Å². The Bertz CT molecular complexity index is 664. The highest BCUT2D eigenvalue weighted by atomic mass is 79.9. The molecule has 0 aliphatic rings. The van der Waals surface area contributed by atoms with Crippen LogP contribution in [-0.2, 0) is 7.05 Å². The van der Waals surface area contributed by atoms with Gasteiger partial charge >= 0.3 is 0 Å². The van der Waals surface area contributed by atoms with Crippen molar-refractivity contribution in [2.45, 2.75) is 13.8 Å². The fraction of sp³-hybridized carbons (Fsp3) is 0.267. The summed E-state index contributed by atoms with van der Waals surface area (Å²) in [7, 11) is 1.90. The summed E-state index contributed by atoms with van der Waals surface area (Å²) in [4.78, 5) is 12.1. The van der Waals surface area contributed by atoms with Crippen LogP contribution in [0.15, 0.2) is 28.7 Å². The molecule has 0 atom stereocenters. The number of aryl methyl sites for hydroxylation is 1. The van der Waals surface area contributed by atoms with E-state index in [2.05, 4.69) is 15.9 Å². The maximum atomic E-state index is 13.5. The first-order valence-electron chi connectivity index (χ1n) is 6.14. The van der Waals surface area contributed by atoms with Gasteiger partial charge in [-0.25, -0.2) is 4.39 Å². The van der Waals surface area contributed by atoms with Gasteiger partial charge in [-0.15, -0.1) is 0 Å². The van der Waals surface area contributed by atoms with Gasteiger partial charge in [-0.1, -0.05) is 15.9 Å². The number of aromatic nitrogens is 1. The molecule has 1 aromatic carbocycles. The van der Waals surface area contributed by atoms with Crippen molar-refractivity contribution >= 4 is 21.7 Å². The van der Waals surface area contributed by atoms with Crippen LogP contribution in [0.2, 0.25) is 0 Å². The molecule has 0 aliphatic carbocycles. The number of nitrogens with zero attached hydrogens (tertiary/aromatic N) is 1. The van der Waals surface area contributed by atoms with Crippen molar-refractivity contribution in [3.8, 4) is 5.75 Å². The largest absolute Gasteiger partial charge is 0.482 e. The second-order valence-electron chi connectivity index (χ2n) is 4.63. The molecule has 5 heteroatoms. The number of rotatable bonds is 4. The van der Waals surface area contributed by atoms with E-state index < -0.39 is 5.82 Å². The summed E-state index contributed by atoms with van der Waals surface area (Å²) in [5, 5.41) is 0. The van der Waals surface area contributed by atoms with Crippen molar-refractivity contribution in [3.63, 3.8) is 0 Å². The Morgan fingerprint density at radius 1 is 1.35 bits per heavy atom. The number of carbonyl (C=O) groups excluding carboxylic acids is 1. The van der Waals surface area contributed by atoms with E-state index in [9.17, 15) is 9.18 Å². The molecule has 0 N–H and O–H groups in total. The molecule has 2 aromatic rings. The van der Waals surface area contributed by atoms with Crippen molar-refractivity contribution in [1.29, 1.82) is 0 Å². The Morgan fingerprint density at radius 3 is 2.65 bits per heavy atom. The van der Waals surface area contributed by atoms with Gasteiger partial charge in [-0.05, 0) is 38.1 Å². The minimum atomic E-state index is -0.484. The maximum absolute atomic E-state index is 13.5. The second-order valence-corrected chi connectivity index (χ2v) is 5.55. The van der Waals surface area contributed by atoms with Gasteiger partial charge in [0.2, 0.25) is 5.78 Å². The van der Waals surface area contributed by atoms with Gasteiger partial charge in [-0.3, -0.25) is 4.79 Å². The Labute approximate surface area is 125 Å². The van der Waals surface area contributed by atoms with Crippen molar-refractivity contribution in [2.24, 2.45) is 7.05 Å². The van der Waals surface area contributed by atoms with E-state index in [1.54, 1.807) is 6.07 Å². The van der Waals surface area contributed by atoms with Gasteiger partial charge < -0.3 is 9.30 Å². The van der Waals surface area contributed by atoms with E-state index in [1.807, 2.05) is 31.5 Å². The molecule has 0 spiro atoms. The first-order chi connectivity index (χ1) is 9.40. The average molecular weight is 340 g/mol. The summed E-state index contributed by atoms with van der Waals surface area (Å²) in [6.45, 7) is 3.62. The van der Waals surface area contributed by atoms with Crippen molar-refractivity contribution in [1.82, 2.24) is 4.57 Å². The minimum absolute atomic E-state index is 0.0676. The molecule has 20 heavy (non-hydrogen) atoms. The second kappa shape index (κ2) is 5.79. The van der Waals surface area contributed by atoms with Crippen LogP contribution in [0.1, 0.15) is 21.7 Å². The number of benzene rings is 1. The fourth-order valence-electron chi connectivity index (χ4n) is 1.95. The topological polar surface area (TPSA) is 31.2 Å². The molecule has 0 saturated heterocycles. The molecular formula is C15H15BrFNO2. The van der Waals surface area contributed by atoms with Crippen LogP contribution in [0.4, 0.5) is 4.39 Å². The fourth-order valence-corrected chi connectivity index (χ4v) is 2.29. The van der Waals surface area contributed by atoms with Crippen molar-refractivity contribution in [2.75, 3.05) is 6.61 Å². The molecule has 0 amide bonds. The number of carbonyl (C=O) groups is 1. The van der Waals surface area contributed by atoms with E-state index in [0.717, 1.165) is 11.4 Å². The van der Waals surface area contributed by atoms with E-state index >= 15 is 0 Å². The van der Waals surface area contributed by atoms with Gasteiger partial charge in [-0.2, -0.15) is 0 Å². The number of Topliss-reactive ketones (excluding diaryl/α,β-unsaturated/α-hetero) is 1. The zero-order valence-corrected chi connectivity index (χ0v) is 13.1. The van der Waals surface area contributed by atoms with Crippen molar-refractivity contribution in [3.05, 3.63) is 51.5 Å². The summed E-state index contributed by atoms with van der Waals surface area (Å²) < 4.78 is 21.4. The quantitative estimate of drug-likeness (QED) is 0.793. The van der Waals surface area contributed by atoms with Gasteiger partial charge in [0.1, 0.15) is 0 Å². The maximum Gasteiger partial charge on any atom is 0.202 e. The molecule has 106 valence electrons. The molecule has 0 radical (unpaired) electrons. The predicted molar refractivity (Wildman–Crippen MR) is 78.8 cm³/mol. The molecule has 0 bridgehead atoms. The third-order valence-electron chi connectivity index (χ3n) is 3.33. The first-order valence-corrected chi connectivity index (χ1v) is 6.93. The molecule has 1 heterocycles. The molecule has 0 saturated carbocycles. The summed E-state index contributed by atoms with van der Waals surface area (Å²) in [6.07, 6.45) is 0. The summed E-state index contributed by atoms with van der Waals surface area (Å²) >= 11 is 3.24. The average Bonchev–Trinajstić information content (AvgIpc) is 2.67. The lowest BCUT2D eigenvalue weighted by Crippen LogP contribution is -2.13. The highest BCUT2D eigenvalue weighted by Crippen LogP contribution is 2.22. The molecule has 0 aliphatic heterocycles. The van der Waals surface area contributed by atoms with Crippen LogP contribution in [0.5, 0.6) is 5.75 Å². The zero-order chi connectivity index (χ0) is 14.9. The highest BCUT2D eigenvalue weighted by molar-refractivity contribution is 9.10. The Kier molecular flexibility index (Phi) is 4.28. The highest BCUT2D eigenvalue weighted by Gasteiger charge is 2.15. The number of ether oxygens (including phenoxy) is 1. The Morgan fingerprint density at radius 2 is 2.05 bits per heavy atom. The van der Waals surface area contributed by atoms with E-state index in [-0.39, 0.29) is 18.1 Å². The third-order valence-corrected chi connectivity index (χ3v) is 3.82. The molecule has 0 fully saturated rings. The Balaban J connectivity index is 2.12. The van der Waals surface area contributed by atoms with Gasteiger partial charge in [0.25, 0.3) is 0 Å². The van der Waals surface area contributed by atoms with E-state index in [4.69, 9.17) is 4.74 Å². The minimum Gasteiger partial charge on any atom is -0.482 e. The molecule has 3 nitrogen and oxygen atoms in total. The number of hydrogen-bond donors (Lipinski definition) is 0. The van der Waals surface area contributed by atoms with E-state index in [1.165, 1.54) is 12.1 Å². The van der Waals surface area contributed by atoms with Gasteiger partial charge in [0.05, 0.1) is 0 Å². The van der Waals surface area contributed by atoms with Crippen LogP contribution in [-0.4, -0.2) is 17.0 Å². The monoisotopic (exact) mass is 339 g/mol. The van der Waals surface area contributed by atoms with Crippen LogP contribution >= 0.6 is 15.9 Å². The number of hydrogen-bond acceptors (Lipinski definition) is 2. The normalized spacial score (nSPS) is 10.7. The standard InChI is InChI=1S/C15H15BrFNO2/c1-9-6-12(10(2)18(9)3)14(19)8-20-15-7-11(16)4-5-13(15)17/h4-7H,8H2,1-3H3. The smallest absolute Gasteiger partial charge is 0.202 e. The zero-order valence-electron chi connectivity index (χ0n) is 11.5. The Hall–Kier alpha value is -1.62. The van der Waals surface area contributed by atoms with Crippen LogP contribution in [0.25, 0.3) is 0 Å². The first kappa shape index (κ1) is 14.8. The summed E-state index contributed by atoms with van der Waals surface area (Å²) in [6, 6.07) is 6.19. The molecule has 1 aromatic heterocycles. The lowest BCUT2D eigenvalue weighted by Gasteiger charge is -2.07. The summed E-state index contributed by atoms with van der Waals surface area (Å²) in [5.41, 5.74) is 2.49. The predicted octanol–water partition coefficient (Wildman–Crippen LogP) is 3.81. The van der Waals surface area contributed by atoms with Gasteiger partial charge in [0.15, 0.2) is 18.2 Å². The lowest BCUT2D eigenvalue weighted by atomic mass is 10.1. The lowest BCUT2D eigenvalue weighted by molar-refractivity contribution is 0.0918. The van der Waals surface area contributed by atoms with Gasteiger partial charge in [0, 0.05) is 28.5 Å². The number of ketones is 1. The molecule has 0 unspecified atom stereocenters. The van der Waals surface area contributed by atoms with Crippen LogP contribution in [0.3, 0.4) is 0 Å².